The van der Waals surface area contributed by atoms with Crippen molar-refractivity contribution >= 4 is 29.2 Å². The molecule has 3 rings (SSSR count). The Hall–Kier alpha value is -3.35. The highest BCUT2D eigenvalue weighted by atomic mass is 16.4. The lowest BCUT2D eigenvalue weighted by Crippen LogP contribution is -2.20. The zero-order valence-corrected chi connectivity index (χ0v) is 11.9. The van der Waals surface area contributed by atoms with Crippen LogP contribution in [0.5, 0.6) is 0 Å². The largest absolute Gasteiger partial charge is 0.478 e. The summed E-state index contributed by atoms with van der Waals surface area (Å²) in [7, 11) is 0. The molecule has 0 unspecified atom stereocenters. The van der Waals surface area contributed by atoms with Crippen LogP contribution in [-0.4, -0.2) is 22.9 Å². The van der Waals surface area contributed by atoms with Gasteiger partial charge in [-0.25, -0.2) is 4.79 Å². The fourth-order valence-electron chi connectivity index (χ4n) is 2.55. The number of fused-ring (bicyclic) bond motifs is 1. The zero-order valence-electron chi connectivity index (χ0n) is 11.9. The third-order valence-electron chi connectivity index (χ3n) is 3.64. The normalized spacial score (nSPS) is 12.7. The Bertz CT molecular complexity index is 845. The van der Waals surface area contributed by atoms with Gasteiger partial charge in [0, 0.05) is 17.9 Å². The fraction of sp³-hybridized carbons (Fsp3) is 0.0625. The Labute approximate surface area is 131 Å². The monoisotopic (exact) mass is 311 g/mol. The number of carbonyl (C=O) groups excluding carboxylic acids is 2. The van der Waals surface area contributed by atoms with Gasteiger partial charge in [0.05, 0.1) is 16.7 Å². The third kappa shape index (κ3) is 2.48. The molecule has 0 spiro atoms. The maximum atomic E-state index is 11.9. The lowest BCUT2D eigenvalue weighted by Gasteiger charge is -2.12. The molecule has 116 valence electrons. The summed E-state index contributed by atoms with van der Waals surface area (Å²) in [5, 5.41) is 14.4. The lowest BCUT2D eigenvalue weighted by atomic mass is 10.0. The summed E-state index contributed by atoms with van der Waals surface area (Å²) >= 11 is 0. The molecule has 0 saturated heterocycles. The number of rotatable bonds is 4. The van der Waals surface area contributed by atoms with E-state index < -0.39 is 17.8 Å². The number of nitrogens with two attached hydrogens (primary N) is 1. The van der Waals surface area contributed by atoms with Crippen molar-refractivity contribution in [1.29, 1.82) is 0 Å². The minimum absolute atomic E-state index is 0.145. The molecule has 0 bridgehead atoms. The molecule has 0 saturated carbocycles. The number of carboxylic acids is 1. The van der Waals surface area contributed by atoms with Crippen molar-refractivity contribution in [2.45, 2.75) is 6.54 Å². The minimum atomic E-state index is -1.03. The molecular formula is C16H13N3O4. The van der Waals surface area contributed by atoms with Crippen LogP contribution in [0.1, 0.15) is 36.6 Å². The zero-order chi connectivity index (χ0) is 16.6. The number of hydrogen-bond donors (Lipinski definition) is 4. The second kappa shape index (κ2) is 5.45. The van der Waals surface area contributed by atoms with E-state index in [-0.39, 0.29) is 28.9 Å². The fourth-order valence-corrected chi connectivity index (χ4v) is 2.55. The third-order valence-corrected chi connectivity index (χ3v) is 3.64. The molecule has 7 nitrogen and oxygen atoms in total. The first kappa shape index (κ1) is 14.6. The molecule has 0 aromatic heterocycles. The Kier molecular flexibility index (Phi) is 3.46. The molecule has 1 heterocycles. The second-order valence-corrected chi connectivity index (χ2v) is 5.05. The molecule has 2 amide bonds. The molecule has 7 heteroatoms. The van der Waals surface area contributed by atoms with Gasteiger partial charge in [-0.15, -0.1) is 0 Å². The Balaban J connectivity index is 1.93. The molecule has 23 heavy (non-hydrogen) atoms. The quantitative estimate of drug-likeness (QED) is 0.501. The van der Waals surface area contributed by atoms with Gasteiger partial charge in [0.2, 0.25) is 0 Å². The van der Waals surface area contributed by atoms with E-state index in [1.165, 1.54) is 12.1 Å². The van der Waals surface area contributed by atoms with Gasteiger partial charge in [-0.2, -0.15) is 0 Å². The average molecular weight is 311 g/mol. The molecule has 0 atom stereocenters. The summed E-state index contributed by atoms with van der Waals surface area (Å²) in [6, 6.07) is 9.67. The van der Waals surface area contributed by atoms with Crippen LogP contribution >= 0.6 is 0 Å². The molecule has 2 aromatic carbocycles. The number of carboxylic acid groups (broad SMARTS) is 1. The minimum Gasteiger partial charge on any atom is -0.478 e. The predicted molar refractivity (Wildman–Crippen MR) is 83.4 cm³/mol. The van der Waals surface area contributed by atoms with Crippen molar-refractivity contribution in [2.75, 3.05) is 11.1 Å². The van der Waals surface area contributed by atoms with E-state index in [2.05, 4.69) is 10.6 Å². The van der Waals surface area contributed by atoms with Gasteiger partial charge < -0.3 is 16.2 Å². The van der Waals surface area contributed by atoms with Crippen LogP contribution < -0.4 is 16.4 Å². The van der Waals surface area contributed by atoms with Crippen molar-refractivity contribution in [3.63, 3.8) is 0 Å². The summed E-state index contributed by atoms with van der Waals surface area (Å²) in [6.45, 7) is 0.195. The maximum absolute atomic E-state index is 11.9. The molecule has 0 aliphatic carbocycles. The molecule has 0 radical (unpaired) electrons. The maximum Gasteiger partial charge on any atom is 0.336 e. The van der Waals surface area contributed by atoms with Gasteiger partial charge in [-0.3, -0.25) is 14.9 Å². The topological polar surface area (TPSA) is 122 Å². The summed E-state index contributed by atoms with van der Waals surface area (Å²) in [5.41, 5.74) is 7.46. The first-order chi connectivity index (χ1) is 11.0. The molecule has 2 aromatic rings. The number of aromatic carboxylic acids is 1. The van der Waals surface area contributed by atoms with Gasteiger partial charge in [0.1, 0.15) is 0 Å². The SMILES string of the molecule is Nc1ccc(NCc2ccccc2C(=O)O)c2c1C(=O)NC2=O. The summed E-state index contributed by atoms with van der Waals surface area (Å²) in [6.07, 6.45) is 0. The van der Waals surface area contributed by atoms with Crippen LogP contribution in [0.25, 0.3) is 0 Å². The van der Waals surface area contributed by atoms with Crippen LogP contribution in [0.3, 0.4) is 0 Å². The van der Waals surface area contributed by atoms with E-state index in [4.69, 9.17) is 5.73 Å². The van der Waals surface area contributed by atoms with E-state index in [1.807, 2.05) is 0 Å². The number of anilines is 2. The smallest absolute Gasteiger partial charge is 0.336 e. The van der Waals surface area contributed by atoms with Crippen molar-refractivity contribution in [1.82, 2.24) is 5.32 Å². The molecule has 5 N–H and O–H groups in total. The number of benzene rings is 2. The molecule has 1 aliphatic heterocycles. The van der Waals surface area contributed by atoms with Gasteiger partial charge in [0.15, 0.2) is 0 Å². The van der Waals surface area contributed by atoms with Crippen LogP contribution in [-0.2, 0) is 6.54 Å². The van der Waals surface area contributed by atoms with Crippen molar-refractivity contribution in [3.8, 4) is 0 Å². The van der Waals surface area contributed by atoms with Crippen LogP contribution in [0.15, 0.2) is 36.4 Å². The number of amides is 2. The van der Waals surface area contributed by atoms with Crippen LogP contribution in [0, 0.1) is 0 Å². The highest BCUT2D eigenvalue weighted by Gasteiger charge is 2.31. The van der Waals surface area contributed by atoms with Gasteiger partial charge in [0.25, 0.3) is 11.8 Å². The Morgan fingerprint density at radius 3 is 2.52 bits per heavy atom. The number of hydrogen-bond acceptors (Lipinski definition) is 5. The van der Waals surface area contributed by atoms with Crippen LogP contribution in [0.4, 0.5) is 11.4 Å². The van der Waals surface area contributed by atoms with Crippen molar-refractivity contribution in [3.05, 3.63) is 58.7 Å². The molecule has 1 aliphatic rings. The van der Waals surface area contributed by atoms with E-state index in [0.717, 1.165) is 0 Å². The first-order valence-corrected chi connectivity index (χ1v) is 6.82. The summed E-state index contributed by atoms with van der Waals surface area (Å²) in [4.78, 5) is 34.9. The number of carbonyl (C=O) groups is 3. The number of nitrogens with one attached hydrogen (secondary N) is 2. The van der Waals surface area contributed by atoms with E-state index in [0.29, 0.717) is 11.3 Å². The molecular weight excluding hydrogens is 298 g/mol. The Morgan fingerprint density at radius 1 is 1.09 bits per heavy atom. The Morgan fingerprint density at radius 2 is 1.78 bits per heavy atom. The predicted octanol–water partition coefficient (Wildman–Crippen LogP) is 1.46. The van der Waals surface area contributed by atoms with Crippen LogP contribution in [0.2, 0.25) is 0 Å². The van der Waals surface area contributed by atoms with Crippen molar-refractivity contribution in [2.24, 2.45) is 0 Å². The highest BCUT2D eigenvalue weighted by Crippen LogP contribution is 2.29. The number of imide groups is 1. The van der Waals surface area contributed by atoms with Gasteiger partial charge in [-0.05, 0) is 23.8 Å². The van der Waals surface area contributed by atoms with Gasteiger partial charge >= 0.3 is 5.97 Å². The van der Waals surface area contributed by atoms with E-state index in [1.54, 1.807) is 24.3 Å². The lowest BCUT2D eigenvalue weighted by molar-refractivity contribution is 0.0695. The highest BCUT2D eigenvalue weighted by molar-refractivity contribution is 6.26. The van der Waals surface area contributed by atoms with E-state index >= 15 is 0 Å². The number of nitrogen functional groups attached to an aromatic ring is 1. The second-order valence-electron chi connectivity index (χ2n) is 5.05. The summed E-state index contributed by atoms with van der Waals surface area (Å²) in [5.74, 6) is -2.08. The van der Waals surface area contributed by atoms with Crippen molar-refractivity contribution < 1.29 is 19.5 Å². The van der Waals surface area contributed by atoms with Gasteiger partial charge in [-0.1, -0.05) is 18.2 Å². The van der Waals surface area contributed by atoms with E-state index in [9.17, 15) is 19.5 Å². The first-order valence-electron chi connectivity index (χ1n) is 6.82. The molecule has 0 fully saturated rings. The average Bonchev–Trinajstić information content (AvgIpc) is 2.83. The standard InChI is InChI=1S/C16H13N3O4/c17-10-5-6-11(13-12(10)14(20)19-15(13)21)18-7-8-3-1-2-4-9(8)16(22)23/h1-6,18H,7,17H2,(H,22,23)(H,19,20,21). The summed E-state index contributed by atoms with van der Waals surface area (Å²) < 4.78 is 0.